The van der Waals surface area contributed by atoms with Crippen molar-refractivity contribution in [3.8, 4) is 0 Å². The van der Waals surface area contributed by atoms with E-state index in [-0.39, 0.29) is 5.91 Å². The van der Waals surface area contributed by atoms with Crippen LogP contribution < -0.4 is 5.43 Å². The number of carbonyl (C=O) groups excluding carboxylic acids is 1. The summed E-state index contributed by atoms with van der Waals surface area (Å²) in [5, 5.41) is 4.96. The van der Waals surface area contributed by atoms with Gasteiger partial charge in [0.25, 0.3) is 0 Å². The molecule has 0 aliphatic carbocycles. The summed E-state index contributed by atoms with van der Waals surface area (Å²) in [5.74, 6) is -0.00142. The van der Waals surface area contributed by atoms with E-state index in [0.717, 1.165) is 30.5 Å². The Bertz CT molecular complexity index is 483. The summed E-state index contributed by atoms with van der Waals surface area (Å²) in [7, 11) is 0. The van der Waals surface area contributed by atoms with Crippen LogP contribution in [-0.4, -0.2) is 11.6 Å². The zero-order chi connectivity index (χ0) is 16.9. The van der Waals surface area contributed by atoms with Crippen LogP contribution in [0.15, 0.2) is 29.4 Å². The molecule has 0 saturated heterocycles. The van der Waals surface area contributed by atoms with Gasteiger partial charge in [-0.1, -0.05) is 76.1 Å². The first kappa shape index (κ1) is 19.7. The number of unbranched alkanes of at least 4 members (excludes halogenated alkanes) is 6. The summed E-state index contributed by atoms with van der Waals surface area (Å²) in [5.41, 5.74) is 4.54. The molecule has 0 bridgehead atoms. The molecule has 0 atom stereocenters. The molecule has 1 rings (SSSR count). The van der Waals surface area contributed by atoms with Gasteiger partial charge in [-0.25, -0.2) is 5.43 Å². The van der Waals surface area contributed by atoms with Crippen LogP contribution in [0.3, 0.4) is 0 Å². The second kappa shape index (κ2) is 12.1. The van der Waals surface area contributed by atoms with Crippen molar-refractivity contribution in [3.63, 3.8) is 0 Å². The molecule has 0 aliphatic heterocycles. The largest absolute Gasteiger partial charge is 0.273 e. The highest BCUT2D eigenvalue weighted by atomic mass is 35.5. The highest BCUT2D eigenvalue weighted by Crippen LogP contribution is 2.12. The van der Waals surface area contributed by atoms with E-state index in [9.17, 15) is 4.79 Å². The van der Waals surface area contributed by atoms with Gasteiger partial charge >= 0.3 is 0 Å². The van der Waals surface area contributed by atoms with Gasteiger partial charge < -0.3 is 0 Å². The van der Waals surface area contributed by atoms with E-state index in [2.05, 4.69) is 17.5 Å². The first-order valence-electron chi connectivity index (χ1n) is 8.78. The number of hydrogen-bond acceptors (Lipinski definition) is 2. The molecule has 1 amide bonds. The Hall–Kier alpha value is -1.35. The molecule has 0 aromatic heterocycles. The number of nitrogens with one attached hydrogen (secondary N) is 1. The van der Waals surface area contributed by atoms with Crippen LogP contribution in [0.2, 0.25) is 5.02 Å². The maximum absolute atomic E-state index is 11.8. The first-order chi connectivity index (χ1) is 11.2. The summed E-state index contributed by atoms with van der Waals surface area (Å²) in [6, 6.07) is 7.52. The minimum atomic E-state index is -0.00142. The molecular weight excluding hydrogens is 308 g/mol. The molecule has 0 aliphatic rings. The minimum Gasteiger partial charge on any atom is -0.273 e. The van der Waals surface area contributed by atoms with E-state index < -0.39 is 0 Å². The van der Waals surface area contributed by atoms with Crippen molar-refractivity contribution in [2.75, 3.05) is 0 Å². The van der Waals surface area contributed by atoms with E-state index in [1.54, 1.807) is 0 Å². The van der Waals surface area contributed by atoms with Crippen LogP contribution in [0.5, 0.6) is 0 Å². The molecule has 0 heterocycles. The van der Waals surface area contributed by atoms with E-state index in [4.69, 9.17) is 11.6 Å². The van der Waals surface area contributed by atoms with Crippen molar-refractivity contribution >= 4 is 23.2 Å². The predicted molar refractivity (Wildman–Crippen MR) is 99.0 cm³/mol. The Labute approximate surface area is 145 Å². The fourth-order valence-electron chi connectivity index (χ4n) is 2.42. The number of amides is 1. The van der Waals surface area contributed by atoms with Crippen LogP contribution in [0.1, 0.15) is 77.2 Å². The van der Waals surface area contributed by atoms with Crippen LogP contribution in [-0.2, 0) is 4.79 Å². The molecule has 1 aromatic carbocycles. The standard InChI is InChI=1S/C19H29ClN2O/c1-3-5-6-7-8-9-10-11-19(23)22-21-18(4-2)16-12-14-17(20)15-13-16/h12-15H,3-11H2,1-2H3,(H,22,23)/b21-18+. The van der Waals surface area contributed by atoms with E-state index in [1.165, 1.54) is 32.1 Å². The van der Waals surface area contributed by atoms with Crippen molar-refractivity contribution in [1.82, 2.24) is 5.43 Å². The number of benzene rings is 1. The van der Waals surface area contributed by atoms with Crippen LogP contribution in [0.4, 0.5) is 0 Å². The van der Waals surface area contributed by atoms with Gasteiger partial charge in [-0.3, -0.25) is 4.79 Å². The zero-order valence-corrected chi connectivity index (χ0v) is 15.2. The predicted octanol–water partition coefficient (Wildman–Crippen LogP) is 5.71. The fourth-order valence-corrected chi connectivity index (χ4v) is 2.54. The monoisotopic (exact) mass is 336 g/mol. The SMILES string of the molecule is CCCCCCCCCC(=O)N/N=C(\CC)c1ccc(Cl)cc1. The Kier molecular flexibility index (Phi) is 10.4. The minimum absolute atomic E-state index is 0.00142. The lowest BCUT2D eigenvalue weighted by molar-refractivity contribution is -0.121. The number of halogens is 1. The maximum atomic E-state index is 11.8. The number of hydrazone groups is 1. The van der Waals surface area contributed by atoms with Gasteiger partial charge in [0.15, 0.2) is 0 Å². The molecule has 128 valence electrons. The lowest BCUT2D eigenvalue weighted by Gasteiger charge is -2.06. The van der Waals surface area contributed by atoms with Gasteiger partial charge in [0.1, 0.15) is 0 Å². The Balaban J connectivity index is 2.28. The lowest BCUT2D eigenvalue weighted by atomic mass is 10.1. The van der Waals surface area contributed by atoms with E-state index >= 15 is 0 Å². The van der Waals surface area contributed by atoms with Gasteiger partial charge in [0, 0.05) is 11.4 Å². The van der Waals surface area contributed by atoms with Crippen molar-refractivity contribution in [2.45, 2.75) is 71.6 Å². The number of nitrogens with zero attached hydrogens (tertiary/aromatic N) is 1. The molecule has 0 spiro atoms. The topological polar surface area (TPSA) is 41.5 Å². The molecule has 23 heavy (non-hydrogen) atoms. The van der Waals surface area contributed by atoms with E-state index in [0.29, 0.717) is 11.4 Å². The van der Waals surface area contributed by atoms with Crippen molar-refractivity contribution < 1.29 is 4.79 Å². The third kappa shape index (κ3) is 8.75. The molecule has 0 unspecified atom stereocenters. The third-order valence-corrected chi connectivity index (χ3v) is 4.09. The average Bonchev–Trinajstić information content (AvgIpc) is 2.56. The highest BCUT2D eigenvalue weighted by molar-refractivity contribution is 6.30. The molecule has 0 radical (unpaired) electrons. The Morgan fingerprint density at radius 1 is 1.00 bits per heavy atom. The van der Waals surface area contributed by atoms with Gasteiger partial charge in [0.05, 0.1) is 5.71 Å². The van der Waals surface area contributed by atoms with Crippen LogP contribution >= 0.6 is 11.6 Å². The third-order valence-electron chi connectivity index (χ3n) is 3.84. The quantitative estimate of drug-likeness (QED) is 0.314. The van der Waals surface area contributed by atoms with Crippen molar-refractivity contribution in [1.29, 1.82) is 0 Å². The second-order valence-corrected chi connectivity index (χ2v) is 6.26. The van der Waals surface area contributed by atoms with Gasteiger partial charge in [-0.15, -0.1) is 0 Å². The Morgan fingerprint density at radius 3 is 2.22 bits per heavy atom. The summed E-state index contributed by atoms with van der Waals surface area (Å²) in [6.07, 6.45) is 9.79. The molecule has 1 N–H and O–H groups in total. The Morgan fingerprint density at radius 2 is 1.61 bits per heavy atom. The lowest BCUT2D eigenvalue weighted by Crippen LogP contribution is -2.19. The fraction of sp³-hybridized carbons (Fsp3) is 0.579. The van der Waals surface area contributed by atoms with Gasteiger partial charge in [-0.2, -0.15) is 5.10 Å². The maximum Gasteiger partial charge on any atom is 0.240 e. The summed E-state index contributed by atoms with van der Waals surface area (Å²) < 4.78 is 0. The average molecular weight is 337 g/mol. The second-order valence-electron chi connectivity index (χ2n) is 5.83. The van der Waals surface area contributed by atoms with Crippen LogP contribution in [0.25, 0.3) is 0 Å². The smallest absolute Gasteiger partial charge is 0.240 e. The molecule has 0 saturated carbocycles. The summed E-state index contributed by atoms with van der Waals surface area (Å²) >= 11 is 5.89. The summed E-state index contributed by atoms with van der Waals surface area (Å²) in [4.78, 5) is 11.8. The number of rotatable bonds is 11. The summed E-state index contributed by atoms with van der Waals surface area (Å²) in [6.45, 7) is 4.25. The molecule has 4 heteroatoms. The first-order valence-corrected chi connectivity index (χ1v) is 9.16. The molecule has 1 aromatic rings. The zero-order valence-electron chi connectivity index (χ0n) is 14.4. The van der Waals surface area contributed by atoms with Crippen molar-refractivity contribution in [3.05, 3.63) is 34.9 Å². The number of carbonyl (C=O) groups is 1. The molecule has 0 fully saturated rings. The van der Waals surface area contributed by atoms with Crippen molar-refractivity contribution in [2.24, 2.45) is 5.10 Å². The normalized spacial score (nSPS) is 11.5. The van der Waals surface area contributed by atoms with Crippen LogP contribution in [0, 0.1) is 0 Å². The highest BCUT2D eigenvalue weighted by Gasteiger charge is 2.04. The number of hydrogen-bond donors (Lipinski definition) is 1. The van der Waals surface area contributed by atoms with E-state index in [1.807, 2.05) is 31.2 Å². The molecular formula is C19H29ClN2O. The van der Waals surface area contributed by atoms with Gasteiger partial charge in [0.2, 0.25) is 5.91 Å². The molecule has 3 nitrogen and oxygen atoms in total. The van der Waals surface area contributed by atoms with Gasteiger partial charge in [-0.05, 0) is 30.5 Å².